The minimum Gasteiger partial charge on any atom is -0.482 e. The Bertz CT molecular complexity index is 827. The Kier molecular flexibility index (Phi) is 3.79. The number of carbonyl (C=O) groups is 1. The van der Waals surface area contributed by atoms with E-state index in [4.69, 9.17) is 4.74 Å². The number of benzene rings is 1. The first-order valence-corrected chi connectivity index (χ1v) is 8.96. The van der Waals surface area contributed by atoms with Crippen LogP contribution in [-0.4, -0.2) is 20.9 Å². The third-order valence-corrected chi connectivity index (χ3v) is 6.22. The van der Waals surface area contributed by atoms with Crippen molar-refractivity contribution in [2.24, 2.45) is 0 Å². The van der Waals surface area contributed by atoms with Gasteiger partial charge in [-0.3, -0.25) is 9.52 Å². The van der Waals surface area contributed by atoms with Crippen LogP contribution in [0.15, 0.2) is 34.5 Å². The lowest BCUT2D eigenvalue weighted by Gasteiger charge is -2.18. The molecular weight excluding hydrogens is 324 g/mol. The van der Waals surface area contributed by atoms with Crippen molar-refractivity contribution >= 4 is 38.6 Å². The summed E-state index contributed by atoms with van der Waals surface area (Å²) < 4.78 is 32.7. The number of carbonyl (C=O) groups excluding carboxylic acids is 1. The molecule has 0 spiro atoms. The van der Waals surface area contributed by atoms with Gasteiger partial charge in [0, 0.05) is 4.88 Å². The van der Waals surface area contributed by atoms with Gasteiger partial charge in [-0.05, 0) is 36.8 Å². The maximum Gasteiger partial charge on any atom is 0.271 e. The Morgan fingerprint density at radius 2 is 2.14 bits per heavy atom. The van der Waals surface area contributed by atoms with Gasteiger partial charge in [0.2, 0.25) is 0 Å². The summed E-state index contributed by atoms with van der Waals surface area (Å²) in [6.45, 7) is 1.94. The van der Waals surface area contributed by atoms with Crippen LogP contribution in [0, 0.1) is 0 Å². The van der Waals surface area contributed by atoms with Crippen LogP contribution in [0.5, 0.6) is 5.75 Å². The summed E-state index contributed by atoms with van der Waals surface area (Å²) in [6.07, 6.45) is 0.794. The van der Waals surface area contributed by atoms with Crippen LogP contribution in [0.4, 0.5) is 11.4 Å². The molecule has 0 bridgehead atoms. The van der Waals surface area contributed by atoms with Crippen molar-refractivity contribution < 1.29 is 17.9 Å². The van der Waals surface area contributed by atoms with Gasteiger partial charge in [0.05, 0.1) is 11.4 Å². The fourth-order valence-corrected chi connectivity index (χ4v) is 4.39. The maximum absolute atomic E-state index is 12.3. The highest BCUT2D eigenvalue weighted by atomic mass is 32.2. The third-order valence-electron chi connectivity index (χ3n) is 3.11. The molecule has 1 amide bonds. The molecule has 0 radical (unpaired) electrons. The Morgan fingerprint density at radius 1 is 1.32 bits per heavy atom. The molecule has 1 aromatic heterocycles. The molecule has 1 aliphatic heterocycles. The normalized spacial score (nSPS) is 14.0. The smallest absolute Gasteiger partial charge is 0.271 e. The van der Waals surface area contributed by atoms with Crippen molar-refractivity contribution in [2.45, 2.75) is 17.6 Å². The second-order valence-electron chi connectivity index (χ2n) is 4.73. The van der Waals surface area contributed by atoms with Gasteiger partial charge in [-0.25, -0.2) is 8.42 Å². The molecule has 116 valence electrons. The number of hydrogen-bond donors (Lipinski definition) is 2. The van der Waals surface area contributed by atoms with Gasteiger partial charge < -0.3 is 10.1 Å². The minimum atomic E-state index is -3.63. The van der Waals surface area contributed by atoms with Crippen LogP contribution in [0.25, 0.3) is 0 Å². The van der Waals surface area contributed by atoms with Crippen molar-refractivity contribution in [3.05, 3.63) is 35.2 Å². The van der Waals surface area contributed by atoms with Gasteiger partial charge in [-0.1, -0.05) is 6.92 Å². The van der Waals surface area contributed by atoms with Crippen molar-refractivity contribution in [1.82, 2.24) is 0 Å². The highest BCUT2D eigenvalue weighted by Crippen LogP contribution is 2.32. The zero-order chi connectivity index (χ0) is 15.7. The summed E-state index contributed by atoms with van der Waals surface area (Å²) in [4.78, 5) is 12.3. The number of fused-ring (bicyclic) bond motifs is 1. The number of amides is 1. The van der Waals surface area contributed by atoms with E-state index in [0.29, 0.717) is 17.1 Å². The van der Waals surface area contributed by atoms with Crippen LogP contribution in [0.3, 0.4) is 0 Å². The lowest BCUT2D eigenvalue weighted by Crippen LogP contribution is -2.25. The van der Waals surface area contributed by atoms with E-state index >= 15 is 0 Å². The molecular formula is C14H14N2O4S2. The van der Waals surface area contributed by atoms with E-state index in [9.17, 15) is 13.2 Å². The molecule has 3 rings (SSSR count). The molecule has 2 heterocycles. The van der Waals surface area contributed by atoms with Gasteiger partial charge in [-0.15, -0.1) is 11.3 Å². The van der Waals surface area contributed by atoms with Crippen molar-refractivity contribution in [3.63, 3.8) is 0 Å². The minimum absolute atomic E-state index is 0.0347. The van der Waals surface area contributed by atoms with Crippen LogP contribution in [0.2, 0.25) is 0 Å². The molecule has 0 atom stereocenters. The van der Waals surface area contributed by atoms with Gasteiger partial charge in [0.1, 0.15) is 9.96 Å². The topological polar surface area (TPSA) is 84.5 Å². The predicted molar refractivity (Wildman–Crippen MR) is 85.1 cm³/mol. The predicted octanol–water partition coefficient (Wildman–Crippen LogP) is 2.44. The standard InChI is InChI=1S/C14H14N2O4S2/c1-2-10-4-6-14(21-10)22(18,19)16-9-3-5-12-11(7-9)15-13(17)8-20-12/h3-7,16H,2,8H2,1H3,(H,15,17). The average Bonchev–Trinajstić information content (AvgIpc) is 2.96. The number of thiophene rings is 1. The van der Waals surface area contributed by atoms with E-state index in [1.54, 1.807) is 24.3 Å². The van der Waals surface area contributed by atoms with E-state index in [1.165, 1.54) is 17.4 Å². The molecule has 1 aliphatic rings. The summed E-state index contributed by atoms with van der Waals surface area (Å²) in [6, 6.07) is 8.16. The van der Waals surface area contributed by atoms with Crippen molar-refractivity contribution in [2.75, 3.05) is 16.6 Å². The SMILES string of the molecule is CCc1ccc(S(=O)(=O)Nc2ccc3c(c2)NC(=O)CO3)s1. The Hall–Kier alpha value is -2.06. The van der Waals surface area contributed by atoms with Crippen LogP contribution in [0.1, 0.15) is 11.8 Å². The van der Waals surface area contributed by atoms with E-state index < -0.39 is 10.0 Å². The Balaban J connectivity index is 1.86. The van der Waals surface area contributed by atoms with E-state index in [0.717, 1.165) is 11.3 Å². The van der Waals surface area contributed by atoms with Gasteiger partial charge in [0.15, 0.2) is 6.61 Å². The molecule has 8 heteroatoms. The molecule has 6 nitrogen and oxygen atoms in total. The summed E-state index contributed by atoms with van der Waals surface area (Å²) in [5, 5.41) is 2.64. The second-order valence-corrected chi connectivity index (χ2v) is 7.81. The fourth-order valence-electron chi connectivity index (χ4n) is 2.04. The molecule has 2 N–H and O–H groups in total. The average molecular weight is 338 g/mol. The van der Waals surface area contributed by atoms with E-state index in [-0.39, 0.29) is 16.7 Å². The van der Waals surface area contributed by atoms with Gasteiger partial charge in [-0.2, -0.15) is 0 Å². The zero-order valence-corrected chi connectivity index (χ0v) is 13.4. The van der Waals surface area contributed by atoms with E-state index in [1.807, 2.05) is 6.92 Å². The molecule has 2 aromatic rings. The molecule has 0 saturated carbocycles. The summed E-state index contributed by atoms with van der Waals surface area (Å²) in [5.74, 6) is 0.255. The number of nitrogens with one attached hydrogen (secondary N) is 2. The monoisotopic (exact) mass is 338 g/mol. The van der Waals surface area contributed by atoms with E-state index in [2.05, 4.69) is 10.0 Å². The number of hydrogen-bond acceptors (Lipinski definition) is 5. The first-order valence-electron chi connectivity index (χ1n) is 6.66. The van der Waals surface area contributed by atoms with Crippen LogP contribution < -0.4 is 14.8 Å². The van der Waals surface area contributed by atoms with Crippen LogP contribution >= 0.6 is 11.3 Å². The molecule has 0 saturated heterocycles. The number of ether oxygens (including phenoxy) is 1. The number of sulfonamides is 1. The Labute approximate surface area is 132 Å². The maximum atomic E-state index is 12.3. The number of rotatable bonds is 4. The lowest BCUT2D eigenvalue weighted by molar-refractivity contribution is -0.118. The van der Waals surface area contributed by atoms with Crippen molar-refractivity contribution in [1.29, 1.82) is 0 Å². The Morgan fingerprint density at radius 3 is 2.86 bits per heavy atom. The van der Waals surface area contributed by atoms with Gasteiger partial charge in [0.25, 0.3) is 15.9 Å². The highest BCUT2D eigenvalue weighted by molar-refractivity contribution is 7.94. The second kappa shape index (κ2) is 5.62. The molecule has 22 heavy (non-hydrogen) atoms. The quantitative estimate of drug-likeness (QED) is 0.897. The molecule has 0 unspecified atom stereocenters. The van der Waals surface area contributed by atoms with Crippen molar-refractivity contribution in [3.8, 4) is 5.75 Å². The molecule has 0 aliphatic carbocycles. The third kappa shape index (κ3) is 2.93. The highest BCUT2D eigenvalue weighted by Gasteiger charge is 2.20. The fraction of sp³-hybridized carbons (Fsp3) is 0.214. The first kappa shape index (κ1) is 14.9. The summed E-state index contributed by atoms with van der Waals surface area (Å²) in [7, 11) is -3.63. The summed E-state index contributed by atoms with van der Waals surface area (Å²) in [5.41, 5.74) is 0.827. The zero-order valence-electron chi connectivity index (χ0n) is 11.8. The molecule has 1 aromatic carbocycles. The molecule has 0 fully saturated rings. The first-order chi connectivity index (χ1) is 10.5. The number of anilines is 2. The lowest BCUT2D eigenvalue weighted by atomic mass is 10.2. The van der Waals surface area contributed by atoms with Gasteiger partial charge >= 0.3 is 0 Å². The summed E-state index contributed by atoms with van der Waals surface area (Å²) >= 11 is 1.24. The number of aryl methyl sites for hydroxylation is 1. The largest absolute Gasteiger partial charge is 0.482 e. The van der Waals surface area contributed by atoms with Crippen LogP contribution in [-0.2, 0) is 21.2 Å².